The van der Waals surface area contributed by atoms with Crippen molar-refractivity contribution in [1.29, 1.82) is 0 Å². The van der Waals surface area contributed by atoms with Gasteiger partial charge in [-0.3, -0.25) is 20.6 Å². The Balaban J connectivity index is 1.48. The van der Waals surface area contributed by atoms with Crippen molar-refractivity contribution in [3.63, 3.8) is 0 Å². The van der Waals surface area contributed by atoms with E-state index in [9.17, 15) is 4.79 Å². The highest BCUT2D eigenvalue weighted by atomic mass is 16.5. The van der Waals surface area contributed by atoms with Crippen LogP contribution in [0, 0.1) is 6.92 Å². The molecule has 1 amide bonds. The molecule has 3 unspecified atom stereocenters. The van der Waals surface area contributed by atoms with Crippen LogP contribution in [-0.4, -0.2) is 48.1 Å². The average Bonchev–Trinajstić information content (AvgIpc) is 3.38. The van der Waals surface area contributed by atoms with E-state index in [-0.39, 0.29) is 18.0 Å². The van der Waals surface area contributed by atoms with Crippen LogP contribution >= 0.6 is 0 Å². The molecule has 2 saturated heterocycles. The number of carbonyl (C=O) groups excluding carboxylic acids is 1. The zero-order valence-corrected chi connectivity index (χ0v) is 16.5. The Kier molecular flexibility index (Phi) is 5.59. The zero-order valence-electron chi connectivity index (χ0n) is 16.5. The molecule has 3 atom stereocenters. The summed E-state index contributed by atoms with van der Waals surface area (Å²) in [4.78, 5) is 19.3. The van der Waals surface area contributed by atoms with Gasteiger partial charge in [0.2, 0.25) is 5.91 Å². The molecule has 1 aromatic heterocycles. The molecule has 2 N–H and O–H groups in total. The lowest BCUT2D eigenvalue weighted by molar-refractivity contribution is -0.131. The fourth-order valence-corrected chi connectivity index (χ4v) is 4.62. The Hall–Kier alpha value is -2.44. The highest BCUT2D eigenvalue weighted by Crippen LogP contribution is 2.31. The second kappa shape index (κ2) is 8.29. The van der Waals surface area contributed by atoms with Crippen molar-refractivity contribution in [2.24, 2.45) is 0 Å². The summed E-state index contributed by atoms with van der Waals surface area (Å²) in [7, 11) is 1.67. The van der Waals surface area contributed by atoms with Crippen LogP contribution in [0.2, 0.25) is 0 Å². The fraction of sp³-hybridized carbons (Fsp3) is 0.455. The number of aryl methyl sites for hydroxylation is 1. The van der Waals surface area contributed by atoms with Gasteiger partial charge in [0.25, 0.3) is 0 Å². The minimum atomic E-state index is 0.203. The second-order valence-electron chi connectivity index (χ2n) is 7.72. The van der Waals surface area contributed by atoms with Crippen molar-refractivity contribution >= 4 is 5.91 Å². The lowest BCUT2D eigenvalue weighted by Gasteiger charge is -2.32. The molecule has 3 heterocycles. The lowest BCUT2D eigenvalue weighted by atomic mass is 9.88. The highest BCUT2D eigenvalue weighted by Gasteiger charge is 2.41. The van der Waals surface area contributed by atoms with Crippen LogP contribution in [0.5, 0.6) is 5.75 Å². The van der Waals surface area contributed by atoms with Gasteiger partial charge in [0.15, 0.2) is 0 Å². The van der Waals surface area contributed by atoms with E-state index < -0.39 is 0 Å². The first kappa shape index (κ1) is 18.9. The van der Waals surface area contributed by atoms with Crippen molar-refractivity contribution in [3.05, 3.63) is 59.4 Å². The number of hydrazine groups is 1. The standard InChI is InChI=1S/C22H28N4O2/c1-15-12-16(5-6-20(15)28-2)13-21(27)26-11-3-4-19(26)22-18(14-24-25-22)17-7-9-23-10-8-17/h5-10,12,18-19,22,24-25H,3-4,11,13-14H2,1-2H3. The number of hydrogen-bond acceptors (Lipinski definition) is 5. The number of benzene rings is 1. The van der Waals surface area contributed by atoms with Gasteiger partial charge >= 0.3 is 0 Å². The molecular weight excluding hydrogens is 352 g/mol. The van der Waals surface area contributed by atoms with Gasteiger partial charge in [-0.15, -0.1) is 0 Å². The van der Waals surface area contributed by atoms with Crippen LogP contribution in [-0.2, 0) is 11.2 Å². The summed E-state index contributed by atoms with van der Waals surface area (Å²) < 4.78 is 5.33. The summed E-state index contributed by atoms with van der Waals surface area (Å²) in [6.45, 7) is 3.71. The van der Waals surface area contributed by atoms with E-state index in [1.54, 1.807) is 7.11 Å². The minimum Gasteiger partial charge on any atom is -0.496 e. The molecule has 6 heteroatoms. The van der Waals surface area contributed by atoms with Gasteiger partial charge in [-0.25, -0.2) is 0 Å². The first-order chi connectivity index (χ1) is 13.7. The molecule has 2 aliphatic heterocycles. The summed E-state index contributed by atoms with van der Waals surface area (Å²) in [5.74, 6) is 1.40. The van der Waals surface area contributed by atoms with Crippen molar-refractivity contribution < 1.29 is 9.53 Å². The maximum Gasteiger partial charge on any atom is 0.227 e. The van der Waals surface area contributed by atoms with Crippen molar-refractivity contribution in [1.82, 2.24) is 20.7 Å². The van der Waals surface area contributed by atoms with Crippen LogP contribution in [0.4, 0.5) is 0 Å². The summed E-state index contributed by atoms with van der Waals surface area (Å²) in [5.41, 5.74) is 10.1. The van der Waals surface area contributed by atoms with Gasteiger partial charge < -0.3 is 9.64 Å². The van der Waals surface area contributed by atoms with Crippen LogP contribution in [0.1, 0.15) is 35.4 Å². The fourth-order valence-electron chi connectivity index (χ4n) is 4.62. The summed E-state index contributed by atoms with van der Waals surface area (Å²) >= 11 is 0. The molecule has 2 aromatic rings. The van der Waals surface area contributed by atoms with Gasteiger partial charge in [-0.05, 0) is 54.7 Å². The molecule has 0 spiro atoms. The summed E-state index contributed by atoms with van der Waals surface area (Å²) in [5, 5.41) is 0. The Morgan fingerprint density at radius 1 is 1.29 bits per heavy atom. The van der Waals surface area contributed by atoms with Crippen molar-refractivity contribution in [3.8, 4) is 5.75 Å². The molecular formula is C22H28N4O2. The predicted octanol–water partition coefficient (Wildman–Crippen LogP) is 2.19. The van der Waals surface area contributed by atoms with Crippen LogP contribution in [0.15, 0.2) is 42.7 Å². The van der Waals surface area contributed by atoms with Crippen molar-refractivity contribution in [2.75, 3.05) is 20.2 Å². The number of ether oxygens (including phenoxy) is 1. The first-order valence-electron chi connectivity index (χ1n) is 9.98. The predicted molar refractivity (Wildman–Crippen MR) is 108 cm³/mol. The molecule has 0 bridgehead atoms. The molecule has 0 saturated carbocycles. The summed E-state index contributed by atoms with van der Waals surface area (Å²) in [6.07, 6.45) is 6.21. The quantitative estimate of drug-likeness (QED) is 0.832. The Morgan fingerprint density at radius 2 is 2.11 bits per heavy atom. The number of hydrogen-bond donors (Lipinski definition) is 2. The number of likely N-dealkylation sites (tertiary alicyclic amines) is 1. The molecule has 2 fully saturated rings. The number of nitrogens with one attached hydrogen (secondary N) is 2. The summed E-state index contributed by atoms with van der Waals surface area (Å²) in [6, 6.07) is 10.6. The minimum absolute atomic E-state index is 0.203. The zero-order chi connectivity index (χ0) is 19.5. The Morgan fingerprint density at radius 3 is 2.86 bits per heavy atom. The topological polar surface area (TPSA) is 66.5 Å². The van der Waals surface area contributed by atoms with E-state index in [0.717, 1.165) is 42.8 Å². The van der Waals surface area contributed by atoms with E-state index in [4.69, 9.17) is 4.74 Å². The molecule has 0 aliphatic carbocycles. The molecule has 4 rings (SSSR count). The van der Waals surface area contributed by atoms with E-state index in [2.05, 4.69) is 38.9 Å². The molecule has 2 aliphatic rings. The van der Waals surface area contributed by atoms with Crippen LogP contribution in [0.3, 0.4) is 0 Å². The normalized spacial score (nSPS) is 24.5. The number of amides is 1. The van der Waals surface area contributed by atoms with Gasteiger partial charge in [-0.1, -0.05) is 12.1 Å². The molecule has 1 aromatic carbocycles. The molecule has 6 nitrogen and oxygen atoms in total. The van der Waals surface area contributed by atoms with E-state index >= 15 is 0 Å². The molecule has 0 radical (unpaired) electrons. The van der Waals surface area contributed by atoms with Crippen LogP contribution < -0.4 is 15.6 Å². The van der Waals surface area contributed by atoms with Gasteiger partial charge in [0, 0.05) is 43.5 Å². The second-order valence-corrected chi connectivity index (χ2v) is 7.72. The van der Waals surface area contributed by atoms with E-state index in [0.29, 0.717) is 12.3 Å². The van der Waals surface area contributed by atoms with E-state index in [1.807, 2.05) is 31.5 Å². The average molecular weight is 380 g/mol. The Labute approximate surface area is 166 Å². The van der Waals surface area contributed by atoms with Crippen LogP contribution in [0.25, 0.3) is 0 Å². The Bertz CT molecular complexity index is 827. The SMILES string of the molecule is COc1ccc(CC(=O)N2CCCC2C2NNCC2c2ccncc2)cc1C. The smallest absolute Gasteiger partial charge is 0.227 e. The number of methoxy groups -OCH3 is 1. The third-order valence-corrected chi connectivity index (χ3v) is 6.01. The largest absolute Gasteiger partial charge is 0.496 e. The maximum atomic E-state index is 13.1. The maximum absolute atomic E-state index is 13.1. The lowest BCUT2D eigenvalue weighted by Crippen LogP contribution is -2.50. The highest BCUT2D eigenvalue weighted by molar-refractivity contribution is 5.79. The number of carbonyl (C=O) groups is 1. The number of pyridine rings is 1. The third-order valence-electron chi connectivity index (χ3n) is 6.01. The third kappa shape index (κ3) is 3.75. The van der Waals surface area contributed by atoms with Crippen molar-refractivity contribution in [2.45, 2.75) is 44.2 Å². The monoisotopic (exact) mass is 380 g/mol. The molecule has 28 heavy (non-hydrogen) atoms. The number of nitrogens with zero attached hydrogens (tertiary/aromatic N) is 2. The van der Waals surface area contributed by atoms with Gasteiger partial charge in [-0.2, -0.15) is 0 Å². The number of rotatable bonds is 5. The van der Waals surface area contributed by atoms with Gasteiger partial charge in [0.05, 0.1) is 13.5 Å². The van der Waals surface area contributed by atoms with E-state index in [1.165, 1.54) is 5.56 Å². The number of aromatic nitrogens is 1. The molecule has 148 valence electrons. The first-order valence-corrected chi connectivity index (χ1v) is 9.98. The van der Waals surface area contributed by atoms with Gasteiger partial charge in [0.1, 0.15) is 5.75 Å².